The van der Waals surface area contributed by atoms with Crippen LogP contribution in [-0.2, 0) is 4.79 Å². The summed E-state index contributed by atoms with van der Waals surface area (Å²) >= 11 is 0. The lowest BCUT2D eigenvalue weighted by atomic mass is 10.0. The Morgan fingerprint density at radius 1 is 1.24 bits per heavy atom. The van der Waals surface area contributed by atoms with E-state index in [0.717, 1.165) is 16.7 Å². The van der Waals surface area contributed by atoms with E-state index in [-0.39, 0.29) is 18.0 Å². The first-order chi connectivity index (χ1) is 11.9. The number of nitrogens with one attached hydrogen (secondary N) is 1. The molecule has 0 saturated carbocycles. The molecule has 0 saturated heterocycles. The maximum atomic E-state index is 11.9. The number of nitrogens with zero attached hydrogens (tertiary/aromatic N) is 2. The number of nitro benzene ring substituents is 1. The van der Waals surface area contributed by atoms with E-state index in [4.69, 9.17) is 4.74 Å². The number of hydrogen-bond donors (Lipinski definition) is 1. The van der Waals surface area contributed by atoms with E-state index >= 15 is 0 Å². The van der Waals surface area contributed by atoms with Crippen LogP contribution in [0.2, 0.25) is 0 Å². The van der Waals surface area contributed by atoms with Gasteiger partial charge in [-0.2, -0.15) is 5.10 Å². The molecule has 2 aromatic rings. The Bertz CT molecular complexity index is 831. The van der Waals surface area contributed by atoms with Gasteiger partial charge in [0, 0.05) is 11.6 Å². The van der Waals surface area contributed by atoms with Crippen molar-refractivity contribution in [3.63, 3.8) is 0 Å². The second-order valence-electron chi connectivity index (χ2n) is 5.56. The minimum atomic E-state index is -0.560. The number of rotatable bonds is 6. The van der Waals surface area contributed by atoms with Crippen molar-refractivity contribution < 1.29 is 14.5 Å². The minimum absolute atomic E-state index is 0.0396. The van der Waals surface area contributed by atoms with Gasteiger partial charge in [0.1, 0.15) is 0 Å². The molecule has 0 spiro atoms. The molecule has 0 fully saturated rings. The zero-order chi connectivity index (χ0) is 18.4. The Morgan fingerprint density at radius 3 is 2.64 bits per heavy atom. The van der Waals surface area contributed by atoms with Gasteiger partial charge in [-0.1, -0.05) is 35.9 Å². The SMILES string of the molecule is C/C(=N/NC(=O)COc1ccccc1[N+](=O)[O-])c1ccc(C)cc1C. The van der Waals surface area contributed by atoms with Gasteiger partial charge in [-0.25, -0.2) is 5.43 Å². The molecule has 0 bridgehead atoms. The van der Waals surface area contributed by atoms with Crippen molar-refractivity contribution in [2.75, 3.05) is 6.61 Å². The van der Waals surface area contributed by atoms with E-state index in [1.165, 1.54) is 18.2 Å². The van der Waals surface area contributed by atoms with Crippen molar-refractivity contribution in [2.45, 2.75) is 20.8 Å². The predicted molar refractivity (Wildman–Crippen MR) is 94.9 cm³/mol. The quantitative estimate of drug-likeness (QED) is 0.496. The summed E-state index contributed by atoms with van der Waals surface area (Å²) in [5.74, 6) is -0.458. The number of nitro groups is 1. The fourth-order valence-corrected chi connectivity index (χ4v) is 2.33. The zero-order valence-electron chi connectivity index (χ0n) is 14.3. The smallest absolute Gasteiger partial charge is 0.310 e. The first kappa shape index (κ1) is 18.1. The van der Waals surface area contributed by atoms with Crippen molar-refractivity contribution in [3.8, 4) is 5.75 Å². The maximum Gasteiger partial charge on any atom is 0.310 e. The topological polar surface area (TPSA) is 93.8 Å². The monoisotopic (exact) mass is 341 g/mol. The van der Waals surface area contributed by atoms with E-state index in [0.29, 0.717) is 5.71 Å². The molecule has 7 nitrogen and oxygen atoms in total. The number of para-hydroxylation sites is 2. The second-order valence-corrected chi connectivity index (χ2v) is 5.56. The van der Waals surface area contributed by atoms with Gasteiger partial charge in [-0.15, -0.1) is 0 Å². The number of benzene rings is 2. The molecule has 0 atom stereocenters. The molecule has 1 N–H and O–H groups in total. The number of hydrazone groups is 1. The number of carbonyl (C=O) groups excluding carboxylic acids is 1. The minimum Gasteiger partial charge on any atom is -0.477 e. The van der Waals surface area contributed by atoms with Gasteiger partial charge in [0.15, 0.2) is 12.4 Å². The number of aryl methyl sites for hydroxylation is 2. The van der Waals surface area contributed by atoms with Gasteiger partial charge in [0.05, 0.1) is 10.6 Å². The molecule has 0 radical (unpaired) electrons. The summed E-state index contributed by atoms with van der Waals surface area (Å²) in [6, 6.07) is 11.8. The Morgan fingerprint density at radius 2 is 1.96 bits per heavy atom. The van der Waals surface area contributed by atoms with Crippen LogP contribution >= 0.6 is 0 Å². The van der Waals surface area contributed by atoms with Crippen LogP contribution < -0.4 is 10.2 Å². The van der Waals surface area contributed by atoms with E-state index in [1.807, 2.05) is 32.0 Å². The Hall–Kier alpha value is -3.22. The molecule has 7 heteroatoms. The lowest BCUT2D eigenvalue weighted by Crippen LogP contribution is -2.25. The van der Waals surface area contributed by atoms with Crippen LogP contribution in [0.25, 0.3) is 0 Å². The van der Waals surface area contributed by atoms with Crippen molar-refractivity contribution in [1.29, 1.82) is 0 Å². The fourth-order valence-electron chi connectivity index (χ4n) is 2.33. The largest absolute Gasteiger partial charge is 0.477 e. The second kappa shape index (κ2) is 8.05. The first-order valence-corrected chi connectivity index (χ1v) is 7.65. The molecule has 0 aliphatic carbocycles. The van der Waals surface area contributed by atoms with Gasteiger partial charge in [0.25, 0.3) is 5.91 Å². The molecule has 2 rings (SSSR count). The highest BCUT2D eigenvalue weighted by atomic mass is 16.6. The number of hydrogen-bond acceptors (Lipinski definition) is 5. The molecule has 130 valence electrons. The molecule has 0 aliphatic heterocycles. The summed E-state index contributed by atoms with van der Waals surface area (Å²) in [7, 11) is 0. The molecular weight excluding hydrogens is 322 g/mol. The van der Waals surface area contributed by atoms with Gasteiger partial charge in [0.2, 0.25) is 0 Å². The first-order valence-electron chi connectivity index (χ1n) is 7.65. The molecule has 25 heavy (non-hydrogen) atoms. The maximum absolute atomic E-state index is 11.9. The summed E-state index contributed by atoms with van der Waals surface area (Å²) in [5, 5.41) is 15.0. The fraction of sp³-hybridized carbons (Fsp3) is 0.222. The molecule has 0 unspecified atom stereocenters. The van der Waals surface area contributed by atoms with E-state index in [1.54, 1.807) is 13.0 Å². The third-order valence-electron chi connectivity index (χ3n) is 3.54. The Balaban J connectivity index is 1.98. The number of carbonyl (C=O) groups is 1. The summed E-state index contributed by atoms with van der Waals surface area (Å²) in [6.07, 6.45) is 0. The van der Waals surface area contributed by atoms with Gasteiger partial charge in [-0.3, -0.25) is 14.9 Å². The van der Waals surface area contributed by atoms with Crippen LogP contribution in [0.15, 0.2) is 47.6 Å². The highest BCUT2D eigenvalue weighted by molar-refractivity contribution is 6.00. The highest BCUT2D eigenvalue weighted by Gasteiger charge is 2.14. The number of ether oxygens (including phenoxy) is 1. The predicted octanol–water partition coefficient (Wildman–Crippen LogP) is 3.13. The molecule has 0 aromatic heterocycles. The normalized spacial score (nSPS) is 11.1. The van der Waals surface area contributed by atoms with Crippen LogP contribution in [0.5, 0.6) is 5.75 Å². The van der Waals surface area contributed by atoms with Crippen molar-refractivity contribution in [1.82, 2.24) is 5.43 Å². The lowest BCUT2D eigenvalue weighted by molar-refractivity contribution is -0.385. The van der Waals surface area contributed by atoms with Crippen LogP contribution in [0, 0.1) is 24.0 Å². The van der Waals surface area contributed by atoms with Crippen molar-refractivity contribution in [3.05, 3.63) is 69.3 Å². The van der Waals surface area contributed by atoms with Crippen molar-refractivity contribution >= 4 is 17.3 Å². The lowest BCUT2D eigenvalue weighted by Gasteiger charge is -2.08. The van der Waals surface area contributed by atoms with Crippen LogP contribution in [0.3, 0.4) is 0 Å². The van der Waals surface area contributed by atoms with Gasteiger partial charge < -0.3 is 4.74 Å². The van der Waals surface area contributed by atoms with Gasteiger partial charge in [-0.05, 0) is 32.4 Å². The summed E-state index contributed by atoms with van der Waals surface area (Å²) in [5.41, 5.74) is 6.02. The molecule has 0 heterocycles. The van der Waals surface area contributed by atoms with E-state index < -0.39 is 10.8 Å². The molecule has 2 aromatic carbocycles. The summed E-state index contributed by atoms with van der Waals surface area (Å²) in [6.45, 7) is 5.40. The van der Waals surface area contributed by atoms with Gasteiger partial charge >= 0.3 is 5.69 Å². The molecule has 0 aliphatic rings. The van der Waals surface area contributed by atoms with Crippen molar-refractivity contribution in [2.24, 2.45) is 5.10 Å². The summed E-state index contributed by atoms with van der Waals surface area (Å²) in [4.78, 5) is 22.2. The van der Waals surface area contributed by atoms with Crippen LogP contribution in [0.1, 0.15) is 23.6 Å². The standard InChI is InChI=1S/C18H19N3O4/c1-12-8-9-15(13(2)10-12)14(3)19-20-18(22)11-25-17-7-5-4-6-16(17)21(23)24/h4-10H,11H2,1-3H3,(H,20,22)/b19-14-. The zero-order valence-corrected chi connectivity index (χ0v) is 14.3. The molecular formula is C18H19N3O4. The third kappa shape index (κ3) is 4.87. The number of amides is 1. The average Bonchev–Trinajstić information content (AvgIpc) is 2.58. The molecule has 1 amide bonds. The summed E-state index contributed by atoms with van der Waals surface area (Å²) < 4.78 is 5.21. The van der Waals surface area contributed by atoms with E-state index in [9.17, 15) is 14.9 Å². The Kier molecular flexibility index (Phi) is 5.84. The highest BCUT2D eigenvalue weighted by Crippen LogP contribution is 2.25. The van der Waals surface area contributed by atoms with Crippen LogP contribution in [0.4, 0.5) is 5.69 Å². The Labute approximate surface area is 145 Å². The average molecular weight is 341 g/mol. The van der Waals surface area contributed by atoms with E-state index in [2.05, 4.69) is 10.5 Å². The third-order valence-corrected chi connectivity index (χ3v) is 3.54. The van der Waals surface area contributed by atoms with Crippen LogP contribution in [-0.4, -0.2) is 23.1 Å².